The van der Waals surface area contributed by atoms with Crippen molar-refractivity contribution in [1.82, 2.24) is 9.97 Å². The monoisotopic (exact) mass is 269 g/mol. The molecule has 2 aromatic rings. The molecule has 0 saturated carbocycles. The predicted octanol–water partition coefficient (Wildman–Crippen LogP) is 3.29. The van der Waals surface area contributed by atoms with Gasteiger partial charge in [-0.25, -0.2) is 9.97 Å². The van der Waals surface area contributed by atoms with Crippen molar-refractivity contribution in [2.75, 3.05) is 6.54 Å². The summed E-state index contributed by atoms with van der Waals surface area (Å²) in [6.07, 6.45) is 2.63. The molecule has 0 saturated heterocycles. The van der Waals surface area contributed by atoms with E-state index in [1.54, 1.807) is 0 Å². The maximum absolute atomic E-state index is 5.79. The third-order valence-corrected chi connectivity index (χ3v) is 3.56. The molecular formula is C17H23N3. The van der Waals surface area contributed by atoms with Crippen LogP contribution in [-0.4, -0.2) is 16.5 Å². The zero-order chi connectivity index (χ0) is 14.8. The molecule has 1 aromatic heterocycles. The number of hydrogen-bond acceptors (Lipinski definition) is 3. The largest absolute Gasteiger partial charge is 0.330 e. The summed E-state index contributed by atoms with van der Waals surface area (Å²) in [6.45, 7) is 9.12. The fourth-order valence-electron chi connectivity index (χ4n) is 2.15. The van der Waals surface area contributed by atoms with Crippen molar-refractivity contribution < 1.29 is 0 Å². The Hall–Kier alpha value is -1.74. The first-order valence-electron chi connectivity index (χ1n) is 7.01. The van der Waals surface area contributed by atoms with Crippen LogP contribution in [0, 0.1) is 19.3 Å². The predicted molar refractivity (Wildman–Crippen MR) is 83.5 cm³/mol. The fourth-order valence-corrected chi connectivity index (χ4v) is 2.15. The van der Waals surface area contributed by atoms with Gasteiger partial charge in [0.25, 0.3) is 0 Å². The van der Waals surface area contributed by atoms with E-state index in [1.807, 2.05) is 12.3 Å². The smallest absolute Gasteiger partial charge is 0.129 e. The van der Waals surface area contributed by atoms with Gasteiger partial charge in [-0.1, -0.05) is 31.5 Å². The van der Waals surface area contributed by atoms with Crippen LogP contribution in [0.4, 0.5) is 0 Å². The van der Waals surface area contributed by atoms with Crippen molar-refractivity contribution in [1.29, 1.82) is 0 Å². The summed E-state index contributed by atoms with van der Waals surface area (Å²) in [5.74, 6) is 0.860. The quantitative estimate of drug-likeness (QED) is 0.926. The van der Waals surface area contributed by atoms with Gasteiger partial charge in [-0.2, -0.15) is 0 Å². The number of aromatic nitrogens is 2. The molecule has 3 heteroatoms. The van der Waals surface area contributed by atoms with E-state index < -0.39 is 0 Å². The van der Waals surface area contributed by atoms with Crippen molar-refractivity contribution in [3.05, 3.63) is 47.4 Å². The number of aryl methyl sites for hydroxylation is 2. The SMILES string of the molecule is Cc1ccc(C)c(-c2ccnc(CC(C)(C)CN)n2)c1. The van der Waals surface area contributed by atoms with Crippen LogP contribution in [0.1, 0.15) is 30.8 Å². The average molecular weight is 269 g/mol. The summed E-state index contributed by atoms with van der Waals surface area (Å²) in [7, 11) is 0. The lowest BCUT2D eigenvalue weighted by Crippen LogP contribution is -2.26. The van der Waals surface area contributed by atoms with Crippen LogP contribution < -0.4 is 5.73 Å². The van der Waals surface area contributed by atoms with E-state index in [0.29, 0.717) is 6.54 Å². The van der Waals surface area contributed by atoms with E-state index in [2.05, 4.69) is 50.9 Å². The highest BCUT2D eigenvalue weighted by Gasteiger charge is 2.18. The summed E-state index contributed by atoms with van der Waals surface area (Å²) in [5.41, 5.74) is 10.5. The van der Waals surface area contributed by atoms with Crippen LogP contribution >= 0.6 is 0 Å². The zero-order valence-corrected chi connectivity index (χ0v) is 12.8. The Balaban J connectivity index is 2.37. The zero-order valence-electron chi connectivity index (χ0n) is 12.8. The molecule has 0 bridgehead atoms. The molecule has 1 heterocycles. The molecule has 0 radical (unpaired) electrons. The Bertz CT molecular complexity index is 603. The van der Waals surface area contributed by atoms with Crippen molar-refractivity contribution in [3.63, 3.8) is 0 Å². The highest BCUT2D eigenvalue weighted by molar-refractivity contribution is 5.64. The first-order valence-corrected chi connectivity index (χ1v) is 7.01. The third-order valence-electron chi connectivity index (χ3n) is 3.56. The Labute approximate surface area is 121 Å². The molecule has 2 N–H and O–H groups in total. The summed E-state index contributed by atoms with van der Waals surface area (Å²) in [4.78, 5) is 9.09. The van der Waals surface area contributed by atoms with Crippen LogP contribution in [-0.2, 0) is 6.42 Å². The van der Waals surface area contributed by atoms with Gasteiger partial charge in [0.2, 0.25) is 0 Å². The van der Waals surface area contributed by atoms with Crippen molar-refractivity contribution in [3.8, 4) is 11.3 Å². The number of rotatable bonds is 4. The topological polar surface area (TPSA) is 51.8 Å². The van der Waals surface area contributed by atoms with Gasteiger partial charge in [0.1, 0.15) is 5.82 Å². The minimum Gasteiger partial charge on any atom is -0.330 e. The second-order valence-corrected chi connectivity index (χ2v) is 6.22. The Morgan fingerprint density at radius 1 is 1.15 bits per heavy atom. The number of benzene rings is 1. The maximum atomic E-state index is 5.79. The molecule has 0 unspecified atom stereocenters. The normalized spacial score (nSPS) is 11.7. The molecule has 0 aliphatic carbocycles. The van der Waals surface area contributed by atoms with E-state index in [-0.39, 0.29) is 5.41 Å². The van der Waals surface area contributed by atoms with E-state index in [4.69, 9.17) is 10.7 Å². The van der Waals surface area contributed by atoms with E-state index in [1.165, 1.54) is 16.7 Å². The van der Waals surface area contributed by atoms with Crippen LogP contribution in [0.15, 0.2) is 30.5 Å². The minimum atomic E-state index is 0.0280. The standard InChI is InChI=1S/C17H23N3/c1-12-5-6-13(2)14(9-12)15-7-8-19-16(20-15)10-17(3,4)11-18/h5-9H,10-11,18H2,1-4H3. The van der Waals surface area contributed by atoms with Crippen molar-refractivity contribution in [2.45, 2.75) is 34.1 Å². The van der Waals surface area contributed by atoms with Gasteiger partial charge in [-0.15, -0.1) is 0 Å². The molecule has 2 rings (SSSR count). The molecule has 0 aliphatic heterocycles. The second kappa shape index (κ2) is 5.71. The van der Waals surface area contributed by atoms with Crippen molar-refractivity contribution >= 4 is 0 Å². The molecule has 0 amide bonds. The van der Waals surface area contributed by atoms with Gasteiger partial charge in [-0.3, -0.25) is 0 Å². The van der Waals surface area contributed by atoms with E-state index >= 15 is 0 Å². The van der Waals surface area contributed by atoms with E-state index in [0.717, 1.165) is 17.9 Å². The summed E-state index contributed by atoms with van der Waals surface area (Å²) in [5, 5.41) is 0. The first kappa shape index (κ1) is 14.7. The Morgan fingerprint density at radius 2 is 1.90 bits per heavy atom. The molecular weight excluding hydrogens is 246 g/mol. The Kier molecular flexibility index (Phi) is 4.19. The molecule has 3 nitrogen and oxygen atoms in total. The summed E-state index contributed by atoms with van der Waals surface area (Å²) >= 11 is 0. The second-order valence-electron chi connectivity index (χ2n) is 6.22. The van der Waals surface area contributed by atoms with Gasteiger partial charge in [0.15, 0.2) is 0 Å². The first-order chi connectivity index (χ1) is 9.41. The third kappa shape index (κ3) is 3.42. The van der Waals surface area contributed by atoms with Crippen LogP contribution in [0.25, 0.3) is 11.3 Å². The summed E-state index contributed by atoms with van der Waals surface area (Å²) in [6, 6.07) is 8.41. The minimum absolute atomic E-state index is 0.0280. The molecule has 0 fully saturated rings. The maximum Gasteiger partial charge on any atom is 0.129 e. The van der Waals surface area contributed by atoms with Gasteiger partial charge in [-0.05, 0) is 43.5 Å². The van der Waals surface area contributed by atoms with E-state index in [9.17, 15) is 0 Å². The average Bonchev–Trinajstić information content (AvgIpc) is 2.41. The van der Waals surface area contributed by atoms with Crippen LogP contribution in [0.2, 0.25) is 0 Å². The Morgan fingerprint density at radius 3 is 2.60 bits per heavy atom. The van der Waals surface area contributed by atoms with Crippen LogP contribution in [0.5, 0.6) is 0 Å². The van der Waals surface area contributed by atoms with Crippen LogP contribution in [0.3, 0.4) is 0 Å². The lowest BCUT2D eigenvalue weighted by atomic mass is 9.89. The molecule has 106 valence electrons. The lowest BCUT2D eigenvalue weighted by Gasteiger charge is -2.21. The molecule has 0 spiro atoms. The van der Waals surface area contributed by atoms with Gasteiger partial charge >= 0.3 is 0 Å². The highest BCUT2D eigenvalue weighted by Crippen LogP contribution is 2.24. The molecule has 0 aliphatic rings. The number of nitrogens with zero attached hydrogens (tertiary/aromatic N) is 2. The number of hydrogen-bond donors (Lipinski definition) is 1. The lowest BCUT2D eigenvalue weighted by molar-refractivity contribution is 0.368. The summed E-state index contributed by atoms with van der Waals surface area (Å²) < 4.78 is 0. The van der Waals surface area contributed by atoms with Gasteiger partial charge in [0.05, 0.1) is 5.69 Å². The molecule has 1 aromatic carbocycles. The van der Waals surface area contributed by atoms with Gasteiger partial charge in [0, 0.05) is 18.2 Å². The number of nitrogens with two attached hydrogens (primary N) is 1. The molecule has 0 atom stereocenters. The fraction of sp³-hybridized carbons (Fsp3) is 0.412. The highest BCUT2D eigenvalue weighted by atomic mass is 14.9. The molecule has 20 heavy (non-hydrogen) atoms. The van der Waals surface area contributed by atoms with Crippen molar-refractivity contribution in [2.24, 2.45) is 11.1 Å². The van der Waals surface area contributed by atoms with Gasteiger partial charge < -0.3 is 5.73 Å².